The largest absolute Gasteiger partial charge is 0.364 e. The first-order chi connectivity index (χ1) is 12.5. The van der Waals surface area contributed by atoms with Gasteiger partial charge in [-0.3, -0.25) is 4.79 Å². The predicted octanol–water partition coefficient (Wildman–Crippen LogP) is 3.11. The summed E-state index contributed by atoms with van der Waals surface area (Å²) in [4.78, 5) is 25.1. The summed E-state index contributed by atoms with van der Waals surface area (Å²) in [5.74, 6) is 0.878. The molecule has 6 nitrogen and oxygen atoms in total. The molecule has 2 aliphatic rings. The third-order valence-electron chi connectivity index (χ3n) is 5.53. The fraction of sp³-hybridized carbons (Fsp3) is 0.350. The summed E-state index contributed by atoms with van der Waals surface area (Å²) >= 11 is 0. The fourth-order valence-electron chi connectivity index (χ4n) is 3.71. The van der Waals surface area contributed by atoms with Gasteiger partial charge in [0, 0.05) is 29.9 Å². The predicted molar refractivity (Wildman–Crippen MR) is 101 cm³/mol. The Morgan fingerprint density at radius 2 is 2.08 bits per heavy atom. The number of H-pyrrole nitrogens is 1. The molecule has 3 aromatic rings. The average Bonchev–Trinajstić information content (AvgIpc) is 3.14. The number of aryl methyl sites for hydroxylation is 1. The highest BCUT2D eigenvalue weighted by Crippen LogP contribution is 2.39. The minimum Gasteiger partial charge on any atom is -0.364 e. The number of carbonyl (C=O) groups is 1. The molecule has 1 unspecified atom stereocenters. The number of carbonyl (C=O) groups excluding carboxylic acids is 1. The van der Waals surface area contributed by atoms with Crippen LogP contribution in [0.15, 0.2) is 30.5 Å². The van der Waals surface area contributed by atoms with Crippen molar-refractivity contribution in [3.05, 3.63) is 53.0 Å². The van der Waals surface area contributed by atoms with Gasteiger partial charge in [0.15, 0.2) is 0 Å². The van der Waals surface area contributed by atoms with Crippen molar-refractivity contribution in [1.29, 1.82) is 0 Å². The van der Waals surface area contributed by atoms with E-state index in [0.29, 0.717) is 12.1 Å². The maximum absolute atomic E-state index is 12.1. The van der Waals surface area contributed by atoms with Crippen molar-refractivity contribution >= 4 is 22.8 Å². The molecule has 1 aliphatic carbocycles. The topological polar surface area (TPSA) is 82.7 Å². The zero-order chi connectivity index (χ0) is 17.9. The van der Waals surface area contributed by atoms with Gasteiger partial charge in [-0.15, -0.1) is 0 Å². The molecule has 0 spiro atoms. The van der Waals surface area contributed by atoms with Crippen LogP contribution in [0.3, 0.4) is 0 Å². The number of fused-ring (bicyclic) bond motifs is 2. The summed E-state index contributed by atoms with van der Waals surface area (Å²) in [6, 6.07) is 7.93. The van der Waals surface area contributed by atoms with Gasteiger partial charge in [0.1, 0.15) is 5.82 Å². The zero-order valence-corrected chi connectivity index (χ0v) is 14.9. The lowest BCUT2D eigenvalue weighted by Gasteiger charge is -2.24. The first-order valence-electron chi connectivity index (χ1n) is 9.05. The van der Waals surface area contributed by atoms with Gasteiger partial charge < -0.3 is 15.6 Å². The molecule has 132 valence electrons. The standard InChI is InChI=1S/C20H21N5O/c1-11-18(25-20(2)7-8-20)24-17-12(4-3-5-15(17)23-11)14-10-22-19(26)13-6-9-21-16(13)14/h3-6,9,14,21H,7-8,10H2,1-2H3,(H,22,26)(H,24,25). The van der Waals surface area contributed by atoms with Gasteiger partial charge in [0.2, 0.25) is 0 Å². The van der Waals surface area contributed by atoms with Gasteiger partial charge in [-0.1, -0.05) is 12.1 Å². The van der Waals surface area contributed by atoms with E-state index in [2.05, 4.69) is 28.6 Å². The molecule has 1 amide bonds. The normalized spacial score (nSPS) is 20.5. The number of para-hydroxylation sites is 1. The van der Waals surface area contributed by atoms with Gasteiger partial charge in [-0.2, -0.15) is 0 Å². The van der Waals surface area contributed by atoms with Crippen molar-refractivity contribution in [3.8, 4) is 0 Å². The summed E-state index contributed by atoms with van der Waals surface area (Å²) in [5.41, 5.74) is 5.59. The quantitative estimate of drug-likeness (QED) is 0.680. The molecule has 26 heavy (non-hydrogen) atoms. The highest BCUT2D eigenvalue weighted by molar-refractivity contribution is 5.97. The molecule has 6 heteroatoms. The Morgan fingerprint density at radius 3 is 2.88 bits per heavy atom. The van der Waals surface area contributed by atoms with Crippen LogP contribution in [0.2, 0.25) is 0 Å². The van der Waals surface area contributed by atoms with E-state index in [1.807, 2.05) is 31.3 Å². The summed E-state index contributed by atoms with van der Waals surface area (Å²) < 4.78 is 0. The van der Waals surface area contributed by atoms with Crippen LogP contribution < -0.4 is 10.6 Å². The SMILES string of the molecule is Cc1nc2cccc(C3CNC(=O)c4cc[nH]c43)c2nc1NC1(C)CC1. The van der Waals surface area contributed by atoms with E-state index >= 15 is 0 Å². The molecule has 1 aliphatic heterocycles. The van der Waals surface area contributed by atoms with Crippen LogP contribution in [0.4, 0.5) is 5.82 Å². The van der Waals surface area contributed by atoms with Crippen LogP contribution in [0.25, 0.3) is 11.0 Å². The maximum atomic E-state index is 12.1. The number of aromatic nitrogens is 3. The van der Waals surface area contributed by atoms with Gasteiger partial charge in [0.05, 0.1) is 22.3 Å². The van der Waals surface area contributed by atoms with Gasteiger partial charge in [-0.25, -0.2) is 9.97 Å². The molecule has 5 rings (SSSR count). The first-order valence-corrected chi connectivity index (χ1v) is 9.05. The smallest absolute Gasteiger partial charge is 0.253 e. The highest BCUT2D eigenvalue weighted by atomic mass is 16.1. The molecule has 1 saturated carbocycles. The lowest BCUT2D eigenvalue weighted by Crippen LogP contribution is -2.35. The Balaban J connectivity index is 1.65. The minimum absolute atomic E-state index is 0.0244. The monoisotopic (exact) mass is 347 g/mol. The van der Waals surface area contributed by atoms with E-state index in [-0.39, 0.29) is 17.4 Å². The third-order valence-corrected chi connectivity index (χ3v) is 5.53. The van der Waals surface area contributed by atoms with E-state index in [1.54, 1.807) is 0 Å². The molecular weight excluding hydrogens is 326 g/mol. The second-order valence-electron chi connectivity index (χ2n) is 7.63. The number of amides is 1. The summed E-state index contributed by atoms with van der Waals surface area (Å²) in [7, 11) is 0. The third kappa shape index (κ3) is 2.36. The molecule has 0 bridgehead atoms. The van der Waals surface area contributed by atoms with Crippen molar-refractivity contribution in [2.45, 2.75) is 38.1 Å². The number of hydrogen-bond donors (Lipinski definition) is 3. The zero-order valence-electron chi connectivity index (χ0n) is 14.9. The van der Waals surface area contributed by atoms with Gasteiger partial charge >= 0.3 is 0 Å². The number of rotatable bonds is 3. The molecule has 1 fully saturated rings. The Hall–Kier alpha value is -2.89. The first kappa shape index (κ1) is 15.4. The van der Waals surface area contributed by atoms with E-state index < -0.39 is 0 Å². The van der Waals surface area contributed by atoms with Crippen molar-refractivity contribution in [1.82, 2.24) is 20.3 Å². The molecule has 3 heterocycles. The molecule has 1 aromatic carbocycles. The number of nitrogens with zero attached hydrogens (tertiary/aromatic N) is 2. The fourth-order valence-corrected chi connectivity index (χ4v) is 3.71. The van der Waals surface area contributed by atoms with E-state index in [0.717, 1.165) is 46.6 Å². The number of aromatic amines is 1. The number of anilines is 1. The number of benzene rings is 1. The van der Waals surface area contributed by atoms with Crippen LogP contribution >= 0.6 is 0 Å². The summed E-state index contributed by atoms with van der Waals surface area (Å²) in [6.07, 6.45) is 4.15. The molecule has 0 radical (unpaired) electrons. The van der Waals surface area contributed by atoms with Crippen LogP contribution in [-0.4, -0.2) is 32.9 Å². The lowest BCUT2D eigenvalue weighted by atomic mass is 9.89. The van der Waals surface area contributed by atoms with E-state index in [4.69, 9.17) is 9.97 Å². The van der Waals surface area contributed by atoms with Crippen LogP contribution in [-0.2, 0) is 0 Å². The second-order valence-corrected chi connectivity index (χ2v) is 7.63. The van der Waals surface area contributed by atoms with Crippen molar-refractivity contribution < 1.29 is 4.79 Å². The number of hydrogen-bond acceptors (Lipinski definition) is 4. The van der Waals surface area contributed by atoms with Crippen molar-refractivity contribution in [2.75, 3.05) is 11.9 Å². The number of nitrogens with one attached hydrogen (secondary N) is 3. The van der Waals surface area contributed by atoms with Crippen molar-refractivity contribution in [2.24, 2.45) is 0 Å². The molecule has 2 aromatic heterocycles. The van der Waals surface area contributed by atoms with Gasteiger partial charge in [0.25, 0.3) is 5.91 Å². The molecular formula is C20H21N5O. The van der Waals surface area contributed by atoms with Crippen LogP contribution in [0.1, 0.15) is 53.0 Å². The molecule has 3 N–H and O–H groups in total. The minimum atomic E-state index is -0.0244. The Morgan fingerprint density at radius 1 is 1.23 bits per heavy atom. The lowest BCUT2D eigenvalue weighted by molar-refractivity contribution is 0.0942. The molecule has 1 atom stereocenters. The van der Waals surface area contributed by atoms with Crippen LogP contribution in [0, 0.1) is 6.92 Å². The Bertz CT molecular complexity index is 1030. The summed E-state index contributed by atoms with van der Waals surface area (Å²) in [5, 5.41) is 6.54. The van der Waals surface area contributed by atoms with Crippen LogP contribution in [0.5, 0.6) is 0 Å². The highest BCUT2D eigenvalue weighted by Gasteiger charge is 2.38. The van der Waals surface area contributed by atoms with E-state index in [9.17, 15) is 4.79 Å². The van der Waals surface area contributed by atoms with E-state index in [1.165, 1.54) is 0 Å². The maximum Gasteiger partial charge on any atom is 0.253 e. The second kappa shape index (κ2) is 5.30. The van der Waals surface area contributed by atoms with Crippen molar-refractivity contribution in [3.63, 3.8) is 0 Å². The Kier molecular flexibility index (Phi) is 3.13. The Labute approximate surface area is 151 Å². The van der Waals surface area contributed by atoms with Gasteiger partial charge in [-0.05, 0) is 44.4 Å². The summed E-state index contributed by atoms with van der Waals surface area (Å²) in [6.45, 7) is 4.77. The average molecular weight is 347 g/mol. The molecule has 0 saturated heterocycles.